The summed E-state index contributed by atoms with van der Waals surface area (Å²) in [5.74, 6) is 1.19. The standard InChI is InChI=1S/C29H34N8O4/c1-6-12-36-26(38)22-18-31-27(32-20-15-19(2)16-30-17-20)34-25(22)37(36)23-8-7-9-24(33-23)40-21-10-13-35(14-11-21)28(39)41-29(3,4)5/h6-9,15-18,21H,1,10-14H2,2-5H3,(H,31,32,34). The van der Waals surface area contributed by atoms with E-state index in [1.54, 1.807) is 40.2 Å². The van der Waals surface area contributed by atoms with Crippen molar-refractivity contribution in [3.8, 4) is 11.7 Å². The SMILES string of the molecule is C=CCn1c(=O)c2cnc(Nc3cncc(C)c3)nc2n1-c1cccc(OC2CCN(C(=O)OC(C)(C)C)CC2)n1. The van der Waals surface area contributed by atoms with Crippen LogP contribution in [0.25, 0.3) is 16.9 Å². The molecule has 0 atom stereocenters. The van der Waals surface area contributed by atoms with E-state index in [9.17, 15) is 9.59 Å². The Kier molecular flexibility index (Phi) is 7.73. The largest absolute Gasteiger partial charge is 0.474 e. The van der Waals surface area contributed by atoms with Gasteiger partial charge in [0.15, 0.2) is 11.5 Å². The van der Waals surface area contributed by atoms with Crippen molar-refractivity contribution in [2.45, 2.75) is 58.8 Å². The van der Waals surface area contributed by atoms with E-state index in [1.807, 2.05) is 39.8 Å². The molecule has 0 saturated carbocycles. The molecule has 1 saturated heterocycles. The van der Waals surface area contributed by atoms with Crippen LogP contribution in [0, 0.1) is 6.92 Å². The number of piperidine rings is 1. The van der Waals surface area contributed by atoms with E-state index in [0.717, 1.165) is 11.3 Å². The lowest BCUT2D eigenvalue weighted by atomic mass is 10.1. The predicted octanol–water partition coefficient (Wildman–Crippen LogP) is 4.39. The number of aromatic nitrogens is 6. The maximum atomic E-state index is 13.3. The van der Waals surface area contributed by atoms with Gasteiger partial charge in [0.25, 0.3) is 5.56 Å². The number of aryl methyl sites for hydroxylation is 1. The molecule has 0 spiro atoms. The maximum Gasteiger partial charge on any atom is 0.410 e. The first-order valence-electron chi connectivity index (χ1n) is 13.5. The highest BCUT2D eigenvalue weighted by atomic mass is 16.6. The number of carbonyl (C=O) groups excluding carboxylic acids is 1. The van der Waals surface area contributed by atoms with Gasteiger partial charge in [-0.3, -0.25) is 9.78 Å². The Morgan fingerprint density at radius 2 is 1.95 bits per heavy atom. The minimum absolute atomic E-state index is 0.116. The monoisotopic (exact) mass is 558 g/mol. The van der Waals surface area contributed by atoms with Crippen LogP contribution in [0.3, 0.4) is 0 Å². The quantitative estimate of drug-likeness (QED) is 0.328. The Morgan fingerprint density at radius 3 is 2.66 bits per heavy atom. The average Bonchev–Trinajstić information content (AvgIpc) is 3.19. The molecule has 5 rings (SSSR count). The van der Waals surface area contributed by atoms with Crippen LogP contribution in [0.2, 0.25) is 0 Å². The molecule has 1 amide bonds. The van der Waals surface area contributed by atoms with Gasteiger partial charge < -0.3 is 19.7 Å². The average molecular weight is 559 g/mol. The first kappa shape index (κ1) is 27.8. The fourth-order valence-electron chi connectivity index (χ4n) is 4.60. The normalized spacial score (nSPS) is 14.2. The van der Waals surface area contributed by atoms with Gasteiger partial charge in [-0.15, -0.1) is 6.58 Å². The molecule has 0 aliphatic carbocycles. The summed E-state index contributed by atoms with van der Waals surface area (Å²) >= 11 is 0. The topological polar surface area (TPSA) is 129 Å². The Balaban J connectivity index is 1.40. The van der Waals surface area contributed by atoms with Crippen molar-refractivity contribution < 1.29 is 14.3 Å². The summed E-state index contributed by atoms with van der Waals surface area (Å²) < 4.78 is 14.9. The third kappa shape index (κ3) is 6.37. The van der Waals surface area contributed by atoms with Gasteiger partial charge >= 0.3 is 6.09 Å². The number of fused-ring (bicyclic) bond motifs is 1. The number of allylic oxidation sites excluding steroid dienone is 1. The minimum atomic E-state index is -0.538. The van der Waals surface area contributed by atoms with Crippen LogP contribution < -0.4 is 15.6 Å². The lowest BCUT2D eigenvalue weighted by Crippen LogP contribution is -2.44. The van der Waals surface area contributed by atoms with E-state index >= 15 is 0 Å². The van der Waals surface area contributed by atoms with Gasteiger partial charge in [0.05, 0.1) is 18.4 Å². The first-order chi connectivity index (χ1) is 19.6. The van der Waals surface area contributed by atoms with E-state index in [4.69, 9.17) is 14.5 Å². The molecular weight excluding hydrogens is 524 g/mol. The molecule has 1 aliphatic heterocycles. The molecule has 214 valence electrons. The summed E-state index contributed by atoms with van der Waals surface area (Å²) in [6.45, 7) is 12.6. The summed E-state index contributed by atoms with van der Waals surface area (Å²) in [5.41, 5.74) is 1.32. The van der Waals surface area contributed by atoms with Gasteiger partial charge in [-0.2, -0.15) is 9.97 Å². The van der Waals surface area contributed by atoms with Gasteiger partial charge in [-0.05, 0) is 45.4 Å². The first-order valence-corrected chi connectivity index (χ1v) is 13.5. The van der Waals surface area contributed by atoms with Crippen LogP contribution in [-0.4, -0.2) is 65.1 Å². The second-order valence-corrected chi connectivity index (χ2v) is 10.9. The van der Waals surface area contributed by atoms with Gasteiger partial charge in [0, 0.05) is 44.4 Å². The van der Waals surface area contributed by atoms with Crippen LogP contribution in [-0.2, 0) is 11.3 Å². The Bertz CT molecular complexity index is 1630. The highest BCUT2D eigenvalue weighted by Gasteiger charge is 2.28. The lowest BCUT2D eigenvalue weighted by molar-refractivity contribution is 0.0123. The van der Waals surface area contributed by atoms with Crippen LogP contribution >= 0.6 is 0 Å². The van der Waals surface area contributed by atoms with Crippen LogP contribution in [0.5, 0.6) is 5.88 Å². The van der Waals surface area contributed by atoms with E-state index in [2.05, 4.69) is 26.8 Å². The molecule has 1 aliphatic rings. The van der Waals surface area contributed by atoms with Crippen molar-refractivity contribution in [2.75, 3.05) is 18.4 Å². The number of ether oxygens (including phenoxy) is 2. The zero-order valence-corrected chi connectivity index (χ0v) is 23.7. The number of nitrogens with zero attached hydrogens (tertiary/aromatic N) is 7. The molecule has 12 nitrogen and oxygen atoms in total. The summed E-state index contributed by atoms with van der Waals surface area (Å²) in [4.78, 5) is 45.3. The minimum Gasteiger partial charge on any atom is -0.474 e. The summed E-state index contributed by atoms with van der Waals surface area (Å²) in [5, 5.41) is 3.50. The zero-order chi connectivity index (χ0) is 29.1. The maximum absolute atomic E-state index is 13.3. The van der Waals surface area contributed by atoms with Crippen molar-refractivity contribution >= 4 is 28.8 Å². The molecule has 4 aromatic rings. The number of hydrogen-bond acceptors (Lipinski definition) is 9. The molecule has 4 aromatic heterocycles. The van der Waals surface area contributed by atoms with Crippen molar-refractivity contribution in [1.29, 1.82) is 0 Å². The number of carbonyl (C=O) groups is 1. The third-order valence-electron chi connectivity index (χ3n) is 6.42. The van der Waals surface area contributed by atoms with E-state index in [1.165, 1.54) is 10.9 Å². The lowest BCUT2D eigenvalue weighted by Gasteiger charge is -2.33. The van der Waals surface area contributed by atoms with Crippen molar-refractivity contribution in [2.24, 2.45) is 0 Å². The molecule has 12 heteroatoms. The Hall–Kier alpha value is -4.74. The van der Waals surface area contributed by atoms with Crippen LogP contribution in [0.4, 0.5) is 16.4 Å². The molecule has 0 radical (unpaired) electrons. The second kappa shape index (κ2) is 11.4. The van der Waals surface area contributed by atoms with E-state index < -0.39 is 5.60 Å². The molecule has 1 fully saturated rings. The summed E-state index contributed by atoms with van der Waals surface area (Å²) in [7, 11) is 0. The Morgan fingerprint density at radius 1 is 1.17 bits per heavy atom. The number of pyridine rings is 2. The van der Waals surface area contributed by atoms with E-state index in [-0.39, 0.29) is 24.3 Å². The van der Waals surface area contributed by atoms with Crippen molar-refractivity contribution in [1.82, 2.24) is 34.2 Å². The van der Waals surface area contributed by atoms with Crippen molar-refractivity contribution in [3.63, 3.8) is 0 Å². The Labute approximate surface area is 237 Å². The molecular formula is C29H34N8O4. The molecule has 0 unspecified atom stereocenters. The fraction of sp³-hybridized carbons (Fsp3) is 0.379. The molecule has 0 bridgehead atoms. The van der Waals surface area contributed by atoms with Crippen LogP contribution in [0.15, 0.2) is 60.3 Å². The third-order valence-corrected chi connectivity index (χ3v) is 6.42. The molecule has 41 heavy (non-hydrogen) atoms. The number of rotatable bonds is 7. The zero-order valence-electron chi connectivity index (χ0n) is 23.7. The molecule has 5 heterocycles. The fourth-order valence-corrected chi connectivity index (χ4v) is 4.60. The van der Waals surface area contributed by atoms with E-state index in [0.29, 0.717) is 54.6 Å². The highest BCUT2D eigenvalue weighted by molar-refractivity contribution is 5.77. The predicted molar refractivity (Wildman–Crippen MR) is 155 cm³/mol. The number of anilines is 2. The number of likely N-dealkylation sites (tertiary alicyclic amines) is 1. The summed E-state index contributed by atoms with van der Waals surface area (Å²) in [6.07, 6.45) is 7.44. The molecule has 1 N–H and O–H groups in total. The second-order valence-electron chi connectivity index (χ2n) is 10.9. The van der Waals surface area contributed by atoms with Crippen molar-refractivity contribution in [3.05, 3.63) is 71.4 Å². The smallest absolute Gasteiger partial charge is 0.410 e. The molecule has 0 aromatic carbocycles. The number of hydrogen-bond donors (Lipinski definition) is 1. The van der Waals surface area contributed by atoms with Gasteiger partial charge in [0.1, 0.15) is 17.1 Å². The number of nitrogens with one attached hydrogen (secondary N) is 1. The van der Waals surface area contributed by atoms with Gasteiger partial charge in [-0.1, -0.05) is 12.1 Å². The van der Waals surface area contributed by atoms with Gasteiger partial charge in [0.2, 0.25) is 11.8 Å². The summed E-state index contributed by atoms with van der Waals surface area (Å²) in [6, 6.07) is 7.31. The highest BCUT2D eigenvalue weighted by Crippen LogP contribution is 2.23. The number of amides is 1. The van der Waals surface area contributed by atoms with Gasteiger partial charge in [-0.25, -0.2) is 19.1 Å². The van der Waals surface area contributed by atoms with Crippen LogP contribution in [0.1, 0.15) is 39.2 Å².